The second-order valence-electron chi connectivity index (χ2n) is 8.59. The summed E-state index contributed by atoms with van der Waals surface area (Å²) in [5, 5.41) is 4.73. The van der Waals surface area contributed by atoms with Crippen molar-refractivity contribution in [1.29, 1.82) is 0 Å². The highest BCUT2D eigenvalue weighted by Gasteiger charge is 2.19. The summed E-state index contributed by atoms with van der Waals surface area (Å²) in [5.74, 6) is -0.522. The number of halogens is 1. The maximum atomic E-state index is 13.4. The summed E-state index contributed by atoms with van der Waals surface area (Å²) in [6.07, 6.45) is 5.42. The first-order valence-electron chi connectivity index (χ1n) is 9.28. The molecule has 0 saturated heterocycles. The molecular formula is C22H23FN4O. The van der Waals surface area contributed by atoms with Crippen LogP contribution in [0.5, 0.6) is 0 Å². The minimum Gasteiger partial charge on any atom is -0.346 e. The summed E-state index contributed by atoms with van der Waals surface area (Å²) >= 11 is 0. The van der Waals surface area contributed by atoms with Crippen molar-refractivity contribution in [2.24, 2.45) is 5.41 Å². The topological polar surface area (TPSA) is 52.2 Å². The zero-order valence-electron chi connectivity index (χ0n) is 16.7. The van der Waals surface area contributed by atoms with Gasteiger partial charge in [0, 0.05) is 47.7 Å². The predicted molar refractivity (Wildman–Crippen MR) is 108 cm³/mol. The second kappa shape index (κ2) is 6.26. The molecule has 3 aromatic heterocycles. The number of aryl methyl sites for hydroxylation is 1. The van der Waals surface area contributed by atoms with Gasteiger partial charge in [-0.3, -0.25) is 4.79 Å². The fraction of sp³-hybridized carbons (Fsp3) is 0.318. The van der Waals surface area contributed by atoms with Crippen molar-refractivity contribution in [1.82, 2.24) is 19.2 Å². The van der Waals surface area contributed by atoms with E-state index in [1.807, 2.05) is 12.3 Å². The lowest BCUT2D eigenvalue weighted by atomic mass is 9.96. The maximum absolute atomic E-state index is 13.4. The van der Waals surface area contributed by atoms with Gasteiger partial charge in [-0.2, -0.15) is 4.39 Å². The lowest BCUT2D eigenvalue weighted by molar-refractivity contribution is 0.101. The SMILES string of the molecule is CC(=O)c1cn(CC(C)(C)C)c2c(C)cc(-c3cnc4cc(F)nn4c3)cc12. The average molecular weight is 378 g/mol. The van der Waals surface area contributed by atoms with E-state index in [9.17, 15) is 9.18 Å². The molecule has 0 aliphatic carbocycles. The zero-order chi connectivity index (χ0) is 20.2. The van der Waals surface area contributed by atoms with E-state index >= 15 is 0 Å². The van der Waals surface area contributed by atoms with Gasteiger partial charge in [0.25, 0.3) is 0 Å². The van der Waals surface area contributed by atoms with Crippen LogP contribution in [0.15, 0.2) is 36.8 Å². The molecule has 0 fully saturated rings. The summed E-state index contributed by atoms with van der Waals surface area (Å²) < 4.78 is 17.0. The van der Waals surface area contributed by atoms with E-state index in [1.165, 1.54) is 10.6 Å². The van der Waals surface area contributed by atoms with E-state index in [0.717, 1.165) is 34.1 Å². The van der Waals surface area contributed by atoms with Crippen LogP contribution in [0, 0.1) is 18.3 Å². The Morgan fingerprint density at radius 3 is 2.57 bits per heavy atom. The van der Waals surface area contributed by atoms with E-state index in [1.54, 1.807) is 19.3 Å². The number of fused-ring (bicyclic) bond motifs is 2. The fourth-order valence-corrected chi connectivity index (χ4v) is 3.74. The number of nitrogens with zero attached hydrogens (tertiary/aromatic N) is 4. The predicted octanol–water partition coefficient (Wildman–Crippen LogP) is 5.05. The van der Waals surface area contributed by atoms with E-state index in [0.29, 0.717) is 11.2 Å². The lowest BCUT2D eigenvalue weighted by Crippen LogP contribution is -2.15. The molecule has 3 heterocycles. The molecule has 0 amide bonds. The van der Waals surface area contributed by atoms with Gasteiger partial charge in [-0.05, 0) is 42.5 Å². The number of benzene rings is 1. The molecule has 0 aliphatic heterocycles. The minimum absolute atomic E-state index is 0.0388. The summed E-state index contributed by atoms with van der Waals surface area (Å²) in [7, 11) is 0. The van der Waals surface area contributed by atoms with E-state index < -0.39 is 5.95 Å². The molecule has 1 aromatic carbocycles. The molecule has 0 bridgehead atoms. The van der Waals surface area contributed by atoms with Crippen LogP contribution in [0.1, 0.15) is 43.6 Å². The molecule has 0 unspecified atom stereocenters. The summed E-state index contributed by atoms with van der Waals surface area (Å²) in [6.45, 7) is 11.0. The maximum Gasteiger partial charge on any atom is 0.235 e. The fourth-order valence-electron chi connectivity index (χ4n) is 3.74. The number of Topliss-reactive ketones (excluding diaryl/α,β-unsaturated/α-hetero) is 1. The van der Waals surface area contributed by atoms with Gasteiger partial charge in [0.15, 0.2) is 11.4 Å². The molecule has 0 radical (unpaired) electrons. The Kier molecular flexibility index (Phi) is 4.10. The smallest absolute Gasteiger partial charge is 0.235 e. The van der Waals surface area contributed by atoms with Crippen LogP contribution in [0.2, 0.25) is 0 Å². The number of carbonyl (C=O) groups is 1. The molecule has 0 spiro atoms. The third kappa shape index (κ3) is 3.19. The summed E-state index contributed by atoms with van der Waals surface area (Å²) in [5.41, 5.74) is 5.15. The van der Waals surface area contributed by atoms with E-state index in [4.69, 9.17) is 0 Å². The Bertz CT molecular complexity index is 1230. The number of hydrogen-bond acceptors (Lipinski definition) is 3. The van der Waals surface area contributed by atoms with Gasteiger partial charge < -0.3 is 4.57 Å². The van der Waals surface area contributed by atoms with E-state index in [2.05, 4.69) is 48.4 Å². The number of hydrogen-bond donors (Lipinski definition) is 0. The summed E-state index contributed by atoms with van der Waals surface area (Å²) in [4.78, 5) is 16.6. The molecule has 5 nitrogen and oxygen atoms in total. The lowest BCUT2D eigenvalue weighted by Gasteiger charge is -2.20. The molecule has 0 aliphatic rings. The molecule has 4 rings (SSSR count). The van der Waals surface area contributed by atoms with Crippen molar-refractivity contribution in [3.05, 3.63) is 53.9 Å². The zero-order valence-corrected chi connectivity index (χ0v) is 16.7. The molecule has 0 atom stereocenters. The van der Waals surface area contributed by atoms with E-state index in [-0.39, 0.29) is 11.2 Å². The molecule has 6 heteroatoms. The van der Waals surface area contributed by atoms with Crippen molar-refractivity contribution in [2.45, 2.75) is 41.2 Å². The monoisotopic (exact) mass is 378 g/mol. The number of carbonyl (C=O) groups excluding carboxylic acids is 1. The van der Waals surface area contributed by atoms with Gasteiger partial charge in [0.05, 0.1) is 5.52 Å². The molecule has 144 valence electrons. The number of ketones is 1. The Morgan fingerprint density at radius 1 is 1.14 bits per heavy atom. The third-order valence-corrected chi connectivity index (χ3v) is 4.80. The number of aromatic nitrogens is 4. The second-order valence-corrected chi connectivity index (χ2v) is 8.59. The highest BCUT2D eigenvalue weighted by molar-refractivity contribution is 6.08. The largest absolute Gasteiger partial charge is 0.346 e. The van der Waals surface area contributed by atoms with Crippen molar-refractivity contribution >= 4 is 22.3 Å². The highest BCUT2D eigenvalue weighted by Crippen LogP contribution is 2.33. The van der Waals surface area contributed by atoms with Gasteiger partial charge in [-0.25, -0.2) is 9.50 Å². The minimum atomic E-state index is -0.561. The average Bonchev–Trinajstić information content (AvgIpc) is 3.12. The van der Waals surface area contributed by atoms with Crippen LogP contribution in [0.25, 0.3) is 27.7 Å². The molecule has 28 heavy (non-hydrogen) atoms. The molecule has 4 aromatic rings. The standard InChI is InChI=1S/C22H23FN4O/c1-13-6-15(16-9-24-20-8-19(23)25-27(20)10-16)7-17-18(14(2)28)11-26(21(13)17)12-22(3,4)5/h6-11H,12H2,1-5H3. The van der Waals surface area contributed by atoms with Crippen molar-refractivity contribution in [3.8, 4) is 11.1 Å². The van der Waals surface area contributed by atoms with Crippen molar-refractivity contribution < 1.29 is 9.18 Å². The first-order valence-corrected chi connectivity index (χ1v) is 9.28. The van der Waals surface area contributed by atoms with Crippen LogP contribution in [0.3, 0.4) is 0 Å². The Hall–Kier alpha value is -3.02. The third-order valence-electron chi connectivity index (χ3n) is 4.80. The van der Waals surface area contributed by atoms with Crippen LogP contribution in [0.4, 0.5) is 4.39 Å². The van der Waals surface area contributed by atoms with Gasteiger partial charge in [-0.15, -0.1) is 5.10 Å². The first kappa shape index (κ1) is 18.3. The molecule has 0 N–H and O–H groups in total. The number of rotatable bonds is 3. The van der Waals surface area contributed by atoms with Crippen LogP contribution >= 0.6 is 0 Å². The Balaban J connectivity index is 1.93. The van der Waals surface area contributed by atoms with Gasteiger partial charge in [0.1, 0.15) is 0 Å². The van der Waals surface area contributed by atoms with Gasteiger partial charge >= 0.3 is 0 Å². The van der Waals surface area contributed by atoms with Crippen LogP contribution < -0.4 is 0 Å². The first-order chi connectivity index (χ1) is 13.1. The Labute approximate surface area is 162 Å². The molecular weight excluding hydrogens is 355 g/mol. The van der Waals surface area contributed by atoms with Crippen LogP contribution in [-0.4, -0.2) is 24.9 Å². The highest BCUT2D eigenvalue weighted by atomic mass is 19.1. The quantitative estimate of drug-likeness (QED) is 0.469. The molecule has 0 saturated carbocycles. The summed E-state index contributed by atoms with van der Waals surface area (Å²) in [6, 6.07) is 5.38. The van der Waals surface area contributed by atoms with Crippen molar-refractivity contribution in [2.75, 3.05) is 0 Å². The van der Waals surface area contributed by atoms with Gasteiger partial charge in [-0.1, -0.05) is 20.8 Å². The normalized spacial score (nSPS) is 12.2. The van der Waals surface area contributed by atoms with Gasteiger partial charge in [0.2, 0.25) is 5.95 Å². The van der Waals surface area contributed by atoms with Crippen molar-refractivity contribution in [3.63, 3.8) is 0 Å². The van der Waals surface area contributed by atoms with Crippen LogP contribution in [-0.2, 0) is 6.54 Å². The Morgan fingerprint density at radius 2 is 1.89 bits per heavy atom.